The Morgan fingerprint density at radius 3 is 2.78 bits per heavy atom. The summed E-state index contributed by atoms with van der Waals surface area (Å²) in [5, 5.41) is 2.85. The molecule has 0 spiro atoms. The molecule has 0 saturated carbocycles. The summed E-state index contributed by atoms with van der Waals surface area (Å²) in [7, 11) is 0. The highest BCUT2D eigenvalue weighted by Crippen LogP contribution is 2.22. The number of piperidine rings is 1. The van der Waals surface area contributed by atoms with Crippen LogP contribution in [0, 0.1) is 18.7 Å². The number of para-hydroxylation sites is 2. The summed E-state index contributed by atoms with van der Waals surface area (Å²) in [5.74, 6) is 0.589. The molecule has 2 N–H and O–H groups in total. The van der Waals surface area contributed by atoms with Gasteiger partial charge < -0.3 is 10.3 Å². The molecule has 1 amide bonds. The SMILES string of the molecule is Cc1ccc(NC(=O)C2CCN(Cc3nc4ccccc4[nH]3)CC2)cc1F. The zero-order valence-corrected chi connectivity index (χ0v) is 15.3. The second-order valence-corrected chi connectivity index (χ2v) is 7.20. The maximum absolute atomic E-state index is 13.6. The number of nitrogens with zero attached hydrogens (tertiary/aromatic N) is 2. The number of aryl methyl sites for hydroxylation is 1. The number of aromatic amines is 1. The molecule has 0 atom stereocenters. The van der Waals surface area contributed by atoms with Crippen molar-refractivity contribution in [2.24, 2.45) is 5.92 Å². The number of H-pyrrole nitrogens is 1. The van der Waals surface area contributed by atoms with Gasteiger partial charge in [-0.3, -0.25) is 9.69 Å². The highest BCUT2D eigenvalue weighted by atomic mass is 19.1. The Bertz CT molecular complexity index is 927. The van der Waals surface area contributed by atoms with Crippen LogP contribution in [0.2, 0.25) is 0 Å². The van der Waals surface area contributed by atoms with Crippen molar-refractivity contribution in [3.05, 3.63) is 59.7 Å². The first kappa shape index (κ1) is 17.7. The minimum absolute atomic E-state index is 0.0263. The van der Waals surface area contributed by atoms with Gasteiger partial charge in [0.15, 0.2) is 0 Å². The molecule has 6 heteroatoms. The molecule has 5 nitrogen and oxygen atoms in total. The van der Waals surface area contributed by atoms with Crippen molar-refractivity contribution in [1.29, 1.82) is 0 Å². The molecule has 1 fully saturated rings. The topological polar surface area (TPSA) is 61.0 Å². The van der Waals surface area contributed by atoms with Gasteiger partial charge in [-0.05, 0) is 62.7 Å². The first-order valence-electron chi connectivity index (χ1n) is 9.31. The number of hydrogen-bond acceptors (Lipinski definition) is 3. The van der Waals surface area contributed by atoms with Crippen LogP contribution < -0.4 is 5.32 Å². The average molecular weight is 366 g/mol. The fourth-order valence-electron chi connectivity index (χ4n) is 3.56. The molecule has 0 radical (unpaired) electrons. The molecule has 1 aliphatic rings. The first-order valence-corrected chi connectivity index (χ1v) is 9.31. The zero-order chi connectivity index (χ0) is 18.8. The van der Waals surface area contributed by atoms with Gasteiger partial charge in [0.05, 0.1) is 17.6 Å². The predicted octanol–water partition coefficient (Wildman–Crippen LogP) is 3.86. The monoisotopic (exact) mass is 366 g/mol. The number of carbonyl (C=O) groups excluding carboxylic acids is 1. The third-order valence-electron chi connectivity index (χ3n) is 5.21. The number of carbonyl (C=O) groups is 1. The van der Waals surface area contributed by atoms with Crippen LogP contribution in [0.5, 0.6) is 0 Å². The van der Waals surface area contributed by atoms with Gasteiger partial charge in [0.25, 0.3) is 0 Å². The predicted molar refractivity (Wildman–Crippen MR) is 104 cm³/mol. The van der Waals surface area contributed by atoms with Gasteiger partial charge >= 0.3 is 0 Å². The molecule has 0 bridgehead atoms. The minimum Gasteiger partial charge on any atom is -0.341 e. The van der Waals surface area contributed by atoms with E-state index in [4.69, 9.17) is 0 Å². The highest BCUT2D eigenvalue weighted by Gasteiger charge is 2.25. The average Bonchev–Trinajstić information content (AvgIpc) is 3.07. The van der Waals surface area contributed by atoms with Crippen molar-refractivity contribution in [2.75, 3.05) is 18.4 Å². The molecule has 2 heterocycles. The zero-order valence-electron chi connectivity index (χ0n) is 15.3. The van der Waals surface area contributed by atoms with E-state index >= 15 is 0 Å². The van der Waals surface area contributed by atoms with Gasteiger partial charge in [-0.1, -0.05) is 18.2 Å². The Morgan fingerprint density at radius 2 is 2.04 bits per heavy atom. The van der Waals surface area contributed by atoms with Crippen LogP contribution in [0.25, 0.3) is 11.0 Å². The number of imidazole rings is 1. The molecule has 140 valence electrons. The van der Waals surface area contributed by atoms with Crippen LogP contribution in [0.3, 0.4) is 0 Å². The van der Waals surface area contributed by atoms with E-state index in [0.29, 0.717) is 11.3 Å². The van der Waals surface area contributed by atoms with Crippen LogP contribution in [0.1, 0.15) is 24.2 Å². The third-order valence-corrected chi connectivity index (χ3v) is 5.21. The molecule has 0 aliphatic carbocycles. The summed E-state index contributed by atoms with van der Waals surface area (Å²) in [6.45, 7) is 4.15. The molecular formula is C21H23FN4O. The maximum Gasteiger partial charge on any atom is 0.227 e. The van der Waals surface area contributed by atoms with Crippen molar-refractivity contribution < 1.29 is 9.18 Å². The Morgan fingerprint density at radius 1 is 1.26 bits per heavy atom. The summed E-state index contributed by atoms with van der Waals surface area (Å²) in [4.78, 5) is 22.8. The van der Waals surface area contributed by atoms with Crippen molar-refractivity contribution in [3.8, 4) is 0 Å². The van der Waals surface area contributed by atoms with E-state index in [1.165, 1.54) is 6.07 Å². The number of benzene rings is 2. The first-order chi connectivity index (χ1) is 13.1. The molecule has 1 saturated heterocycles. The largest absolute Gasteiger partial charge is 0.341 e. The van der Waals surface area contributed by atoms with E-state index in [0.717, 1.165) is 49.3 Å². The lowest BCUT2D eigenvalue weighted by molar-refractivity contribution is -0.121. The second kappa shape index (κ2) is 7.48. The summed E-state index contributed by atoms with van der Waals surface area (Å²) in [6, 6.07) is 12.8. The number of hydrogen-bond donors (Lipinski definition) is 2. The lowest BCUT2D eigenvalue weighted by atomic mass is 9.95. The third kappa shape index (κ3) is 4.01. The van der Waals surface area contributed by atoms with Crippen LogP contribution in [-0.4, -0.2) is 33.9 Å². The number of nitrogens with one attached hydrogen (secondary N) is 2. The number of halogens is 1. The van der Waals surface area contributed by atoms with Crippen LogP contribution in [0.15, 0.2) is 42.5 Å². The maximum atomic E-state index is 13.6. The van der Waals surface area contributed by atoms with Gasteiger partial charge in [-0.25, -0.2) is 9.37 Å². The van der Waals surface area contributed by atoms with Crippen molar-refractivity contribution in [2.45, 2.75) is 26.3 Å². The lowest BCUT2D eigenvalue weighted by Crippen LogP contribution is -2.38. The minimum atomic E-state index is -0.298. The van der Waals surface area contributed by atoms with Gasteiger partial charge in [0.1, 0.15) is 11.6 Å². The molecule has 0 unspecified atom stereocenters. The van der Waals surface area contributed by atoms with Crippen LogP contribution in [0.4, 0.5) is 10.1 Å². The standard InChI is InChI=1S/C21H23FN4O/c1-14-6-7-16(12-17(14)22)23-21(27)15-8-10-26(11-9-15)13-20-24-18-4-2-3-5-19(18)25-20/h2-7,12,15H,8-11,13H2,1H3,(H,23,27)(H,24,25). The number of aromatic nitrogens is 2. The number of anilines is 1. The Kier molecular flexibility index (Phi) is 4.90. The van der Waals surface area contributed by atoms with Gasteiger partial charge in [0.2, 0.25) is 5.91 Å². The van der Waals surface area contributed by atoms with Crippen molar-refractivity contribution >= 4 is 22.6 Å². The quantitative estimate of drug-likeness (QED) is 0.737. The molecule has 3 aromatic rings. The summed E-state index contributed by atoms with van der Waals surface area (Å²) in [5.41, 5.74) is 3.12. The summed E-state index contributed by atoms with van der Waals surface area (Å²) in [6.07, 6.45) is 1.58. The molecule has 4 rings (SSSR count). The number of fused-ring (bicyclic) bond motifs is 1. The number of amides is 1. The number of rotatable bonds is 4. The van der Waals surface area contributed by atoms with E-state index < -0.39 is 0 Å². The lowest BCUT2D eigenvalue weighted by Gasteiger charge is -2.30. The highest BCUT2D eigenvalue weighted by molar-refractivity contribution is 5.92. The van der Waals surface area contributed by atoms with Gasteiger partial charge in [-0.15, -0.1) is 0 Å². The smallest absolute Gasteiger partial charge is 0.227 e. The Labute approximate surface area is 157 Å². The number of likely N-dealkylation sites (tertiary alicyclic amines) is 1. The molecule has 1 aromatic heterocycles. The van der Waals surface area contributed by atoms with Gasteiger partial charge in [0, 0.05) is 11.6 Å². The second-order valence-electron chi connectivity index (χ2n) is 7.20. The van der Waals surface area contributed by atoms with E-state index in [1.54, 1.807) is 19.1 Å². The Balaban J connectivity index is 1.31. The molecular weight excluding hydrogens is 343 g/mol. The van der Waals surface area contributed by atoms with Crippen LogP contribution in [-0.2, 0) is 11.3 Å². The normalized spacial score (nSPS) is 15.9. The van der Waals surface area contributed by atoms with Crippen LogP contribution >= 0.6 is 0 Å². The fourth-order valence-corrected chi connectivity index (χ4v) is 3.56. The van der Waals surface area contributed by atoms with E-state index in [2.05, 4.69) is 20.2 Å². The Hall–Kier alpha value is -2.73. The molecule has 2 aromatic carbocycles. The fraction of sp³-hybridized carbons (Fsp3) is 0.333. The summed E-state index contributed by atoms with van der Waals surface area (Å²) >= 11 is 0. The van der Waals surface area contributed by atoms with E-state index in [-0.39, 0.29) is 17.6 Å². The van der Waals surface area contributed by atoms with Crippen molar-refractivity contribution in [3.63, 3.8) is 0 Å². The van der Waals surface area contributed by atoms with E-state index in [9.17, 15) is 9.18 Å². The van der Waals surface area contributed by atoms with Gasteiger partial charge in [-0.2, -0.15) is 0 Å². The van der Waals surface area contributed by atoms with E-state index in [1.807, 2.05) is 24.3 Å². The molecule has 27 heavy (non-hydrogen) atoms. The molecule has 1 aliphatic heterocycles. The summed E-state index contributed by atoms with van der Waals surface area (Å²) < 4.78 is 13.6. The van der Waals surface area contributed by atoms with Crippen molar-refractivity contribution in [1.82, 2.24) is 14.9 Å².